The van der Waals surface area contributed by atoms with Crippen LogP contribution in [0.1, 0.15) is 13.3 Å². The van der Waals surface area contributed by atoms with E-state index in [0.29, 0.717) is 6.61 Å². The van der Waals surface area contributed by atoms with E-state index in [-0.39, 0.29) is 0 Å². The van der Waals surface area contributed by atoms with Gasteiger partial charge in [-0.1, -0.05) is 0 Å². The van der Waals surface area contributed by atoms with Gasteiger partial charge in [-0.05, 0) is 0 Å². The second kappa shape index (κ2) is 3.11. The van der Waals surface area contributed by atoms with E-state index in [4.69, 9.17) is 9.79 Å². The average molecular weight is 284 g/mol. The minimum absolute atomic E-state index is 0.321. The summed E-state index contributed by atoms with van der Waals surface area (Å²) in [5, 5.41) is 0. The third-order valence-corrected chi connectivity index (χ3v) is 2.35. The number of rotatable bonds is 3. The number of halogens is 2. The zero-order chi connectivity index (χ0) is 7.57. The van der Waals surface area contributed by atoms with Crippen LogP contribution < -0.4 is 0 Å². The van der Waals surface area contributed by atoms with Crippen LogP contribution in [0.2, 0.25) is 0 Å². The van der Waals surface area contributed by atoms with Gasteiger partial charge in [-0.15, -0.1) is 0 Å². The molecule has 0 aliphatic rings. The van der Waals surface area contributed by atoms with Crippen molar-refractivity contribution in [1.29, 1.82) is 0 Å². The van der Waals surface area contributed by atoms with Gasteiger partial charge in [0.05, 0.1) is 0 Å². The van der Waals surface area contributed by atoms with Gasteiger partial charge in [0.25, 0.3) is 0 Å². The average Bonchev–Trinajstić information content (AvgIpc) is 1.57. The van der Waals surface area contributed by atoms with Gasteiger partial charge in [-0.25, -0.2) is 0 Å². The van der Waals surface area contributed by atoms with Crippen LogP contribution in [0.15, 0.2) is 0 Å². The molecule has 58 valence electrons. The first kappa shape index (κ1) is 10.3. The van der Waals surface area contributed by atoms with Gasteiger partial charge in [-0.2, -0.15) is 0 Å². The Kier molecular flexibility index (Phi) is 3.55. The first-order valence-corrected chi connectivity index (χ1v) is 8.51. The summed E-state index contributed by atoms with van der Waals surface area (Å²) in [6, 6.07) is 0. The SMILES string of the molecule is CCCOP(O)(O)(Br)Br. The zero-order valence-electron chi connectivity index (χ0n) is 4.92. The van der Waals surface area contributed by atoms with Gasteiger partial charge in [0.1, 0.15) is 0 Å². The summed E-state index contributed by atoms with van der Waals surface area (Å²) in [6.07, 6.45) is 0.746. The fraction of sp³-hybridized carbons (Fsp3) is 1.00. The van der Waals surface area contributed by atoms with Crippen molar-refractivity contribution in [3.8, 4) is 0 Å². The molecule has 0 aromatic carbocycles. The molecule has 2 N–H and O–H groups in total. The molecule has 9 heavy (non-hydrogen) atoms. The normalized spacial score (nSPS) is 16.8. The maximum atomic E-state index is 8.91. The Labute approximate surface area is 70.1 Å². The molecule has 0 aliphatic carbocycles. The van der Waals surface area contributed by atoms with Crippen LogP contribution in [0.5, 0.6) is 0 Å². The zero-order valence-corrected chi connectivity index (χ0v) is 8.99. The van der Waals surface area contributed by atoms with E-state index in [1.54, 1.807) is 0 Å². The first-order chi connectivity index (χ1) is 3.81. The van der Waals surface area contributed by atoms with E-state index in [1.165, 1.54) is 0 Å². The Balaban J connectivity index is 3.60. The second-order valence-corrected chi connectivity index (χ2v) is 13.9. The van der Waals surface area contributed by atoms with Crippen LogP contribution in [-0.4, -0.2) is 16.4 Å². The molecule has 6 heteroatoms. The predicted molar refractivity (Wildman–Crippen MR) is 45.5 cm³/mol. The second-order valence-electron chi connectivity index (χ2n) is 1.59. The van der Waals surface area contributed by atoms with Crippen molar-refractivity contribution in [2.45, 2.75) is 13.3 Å². The molecule has 0 aliphatic heterocycles. The van der Waals surface area contributed by atoms with Crippen molar-refractivity contribution in [2.24, 2.45) is 0 Å². The van der Waals surface area contributed by atoms with E-state index in [1.807, 2.05) is 6.92 Å². The summed E-state index contributed by atoms with van der Waals surface area (Å²) in [5.41, 5.74) is 0. The van der Waals surface area contributed by atoms with Crippen molar-refractivity contribution in [2.75, 3.05) is 6.61 Å². The molecule has 0 amide bonds. The van der Waals surface area contributed by atoms with Gasteiger partial charge >= 0.3 is 69.9 Å². The number of hydrogen-bond donors (Lipinski definition) is 2. The third kappa shape index (κ3) is 9.27. The summed E-state index contributed by atoms with van der Waals surface area (Å²) in [5.74, 6) is 0. The van der Waals surface area contributed by atoms with Gasteiger partial charge in [-0.3, -0.25) is 0 Å². The van der Waals surface area contributed by atoms with Crippen LogP contribution >= 0.6 is 35.7 Å². The van der Waals surface area contributed by atoms with Gasteiger partial charge in [0.15, 0.2) is 0 Å². The number of hydrogen-bond acceptors (Lipinski definition) is 3. The molecule has 0 bridgehead atoms. The van der Waals surface area contributed by atoms with Crippen LogP contribution in [0.25, 0.3) is 0 Å². The van der Waals surface area contributed by atoms with E-state index in [9.17, 15) is 0 Å². The molecule has 0 heterocycles. The molecule has 0 unspecified atom stereocenters. The molecule has 0 fully saturated rings. The standard InChI is InChI=1S/C3H9Br2O3P/c1-2-3-8-9(4,5,6)7/h6-7H,2-3H2,1H3. The van der Waals surface area contributed by atoms with Crippen molar-refractivity contribution in [1.82, 2.24) is 0 Å². The van der Waals surface area contributed by atoms with Gasteiger partial charge in [0.2, 0.25) is 0 Å². The summed E-state index contributed by atoms with van der Waals surface area (Å²) >= 11 is 5.24. The molecule has 3 nitrogen and oxygen atoms in total. The van der Waals surface area contributed by atoms with E-state index >= 15 is 0 Å². The monoisotopic (exact) mass is 282 g/mol. The fourth-order valence-corrected chi connectivity index (χ4v) is 1.59. The van der Waals surface area contributed by atoms with Crippen molar-refractivity contribution in [3.05, 3.63) is 0 Å². The third-order valence-electron chi connectivity index (χ3n) is 0.508. The molecule has 0 saturated heterocycles. The van der Waals surface area contributed by atoms with Crippen molar-refractivity contribution in [3.63, 3.8) is 0 Å². The van der Waals surface area contributed by atoms with Gasteiger partial charge < -0.3 is 0 Å². The molecule has 0 aromatic rings. The van der Waals surface area contributed by atoms with Crippen LogP contribution in [0.4, 0.5) is 0 Å². The molecular formula is C3H9Br2O3P. The van der Waals surface area contributed by atoms with Crippen LogP contribution in [0, 0.1) is 0 Å². The summed E-state index contributed by atoms with van der Waals surface area (Å²) in [4.78, 5) is 17.8. The predicted octanol–water partition coefficient (Wildman–Crippen LogP) is 2.32. The quantitative estimate of drug-likeness (QED) is 0.782. The molecule has 0 atom stereocenters. The summed E-state index contributed by atoms with van der Waals surface area (Å²) in [7, 11) is 0. The van der Waals surface area contributed by atoms with Crippen LogP contribution in [-0.2, 0) is 4.52 Å². The molecule has 0 radical (unpaired) electrons. The Morgan fingerprint density at radius 1 is 1.44 bits per heavy atom. The topological polar surface area (TPSA) is 49.7 Å². The summed E-state index contributed by atoms with van der Waals surface area (Å²) < 4.78 is 0.638. The Bertz CT molecular complexity index is 89.7. The minimum atomic E-state index is -4.00. The first-order valence-electron chi connectivity index (χ1n) is 2.42. The molecule has 0 rings (SSSR count). The summed E-state index contributed by atoms with van der Waals surface area (Å²) in [6.45, 7) is 2.20. The fourth-order valence-electron chi connectivity index (χ4n) is 0.242. The van der Waals surface area contributed by atoms with Gasteiger partial charge in [0, 0.05) is 0 Å². The Morgan fingerprint density at radius 2 is 1.89 bits per heavy atom. The molecule has 0 aromatic heterocycles. The Hall–Kier alpha value is 1.27. The van der Waals surface area contributed by atoms with E-state index in [0.717, 1.165) is 6.42 Å². The van der Waals surface area contributed by atoms with E-state index < -0.39 is 4.69 Å². The van der Waals surface area contributed by atoms with Crippen molar-refractivity contribution < 1.29 is 14.3 Å². The molecular weight excluding hydrogens is 275 g/mol. The van der Waals surface area contributed by atoms with Crippen molar-refractivity contribution >= 4 is 35.7 Å². The Morgan fingerprint density at radius 3 is 2.00 bits per heavy atom. The molecule has 0 spiro atoms. The van der Waals surface area contributed by atoms with Crippen LogP contribution in [0.3, 0.4) is 0 Å². The molecule has 0 saturated carbocycles. The van der Waals surface area contributed by atoms with E-state index in [2.05, 4.69) is 35.5 Å². The maximum absolute atomic E-state index is 8.91.